The second-order valence-electron chi connectivity index (χ2n) is 6.34. The number of hydrogen-bond acceptors (Lipinski definition) is 6. The van der Waals surface area contributed by atoms with E-state index in [0.717, 1.165) is 11.3 Å². The van der Waals surface area contributed by atoms with Crippen molar-refractivity contribution in [2.75, 3.05) is 12.1 Å². The van der Waals surface area contributed by atoms with Crippen LogP contribution >= 0.6 is 0 Å². The molecule has 0 aliphatic carbocycles. The van der Waals surface area contributed by atoms with Gasteiger partial charge in [-0.1, -0.05) is 29.8 Å². The lowest BCUT2D eigenvalue weighted by Crippen LogP contribution is -2.07. The van der Waals surface area contributed by atoms with Crippen LogP contribution < -0.4 is 14.8 Å². The fraction of sp³-hybridized carbons (Fsp3) is 0.211. The number of rotatable bonds is 5. The first-order valence-corrected chi connectivity index (χ1v) is 8.42. The Morgan fingerprint density at radius 3 is 2.63 bits per heavy atom. The van der Waals surface area contributed by atoms with Crippen molar-refractivity contribution in [2.24, 2.45) is 7.05 Å². The van der Waals surface area contributed by atoms with Gasteiger partial charge in [0.1, 0.15) is 0 Å². The summed E-state index contributed by atoms with van der Waals surface area (Å²) in [6.07, 6.45) is 1.78. The molecule has 3 aromatic rings. The van der Waals surface area contributed by atoms with E-state index in [-0.39, 0.29) is 19.0 Å². The van der Waals surface area contributed by atoms with Gasteiger partial charge in [-0.15, -0.1) is 0 Å². The van der Waals surface area contributed by atoms with Gasteiger partial charge >= 0.3 is 0 Å². The molecule has 8 nitrogen and oxygen atoms in total. The van der Waals surface area contributed by atoms with Crippen LogP contribution in [0.4, 0.5) is 11.6 Å². The van der Waals surface area contributed by atoms with Gasteiger partial charge in [0.25, 0.3) is 5.69 Å². The van der Waals surface area contributed by atoms with E-state index in [1.165, 1.54) is 11.6 Å². The molecule has 2 aromatic carbocycles. The Morgan fingerprint density at radius 1 is 1.22 bits per heavy atom. The van der Waals surface area contributed by atoms with Crippen LogP contribution in [-0.2, 0) is 13.6 Å². The molecular formula is C19H18N4O4. The third-order valence-corrected chi connectivity index (χ3v) is 4.54. The Morgan fingerprint density at radius 2 is 1.93 bits per heavy atom. The quantitative estimate of drug-likeness (QED) is 0.547. The molecular weight excluding hydrogens is 348 g/mol. The van der Waals surface area contributed by atoms with E-state index in [1.807, 2.05) is 42.8 Å². The SMILES string of the molecule is Cc1ccc(-c2cnc(NCc3cc4c(cc3[N+](=O)[O-])OCO4)n2C)cc1. The van der Waals surface area contributed by atoms with Crippen LogP contribution in [0.1, 0.15) is 11.1 Å². The molecule has 1 aromatic heterocycles. The van der Waals surface area contributed by atoms with Gasteiger partial charge in [0.05, 0.1) is 28.4 Å². The molecule has 0 fully saturated rings. The number of aryl methyl sites for hydroxylation is 1. The first kappa shape index (κ1) is 16.9. The highest BCUT2D eigenvalue weighted by Crippen LogP contribution is 2.38. The maximum absolute atomic E-state index is 11.4. The van der Waals surface area contributed by atoms with E-state index in [2.05, 4.69) is 10.3 Å². The molecule has 0 atom stereocenters. The summed E-state index contributed by atoms with van der Waals surface area (Å²) in [5.41, 5.74) is 3.69. The topological polar surface area (TPSA) is 91.5 Å². The summed E-state index contributed by atoms with van der Waals surface area (Å²) in [6, 6.07) is 11.2. The van der Waals surface area contributed by atoms with Crippen LogP contribution in [0.3, 0.4) is 0 Å². The number of nitrogens with zero attached hydrogens (tertiary/aromatic N) is 3. The molecule has 4 rings (SSSR count). The molecule has 1 aliphatic heterocycles. The molecule has 0 bridgehead atoms. The second-order valence-corrected chi connectivity index (χ2v) is 6.34. The van der Waals surface area contributed by atoms with Gasteiger partial charge in [0.2, 0.25) is 12.7 Å². The Labute approximate surface area is 155 Å². The lowest BCUT2D eigenvalue weighted by Gasteiger charge is -2.10. The van der Waals surface area contributed by atoms with Gasteiger partial charge in [-0.3, -0.25) is 10.1 Å². The zero-order valence-electron chi connectivity index (χ0n) is 14.9. The largest absolute Gasteiger partial charge is 0.454 e. The van der Waals surface area contributed by atoms with Gasteiger partial charge in [-0.25, -0.2) is 4.98 Å². The second kappa shape index (κ2) is 6.64. The Hall–Kier alpha value is -3.55. The molecule has 27 heavy (non-hydrogen) atoms. The number of aromatic nitrogens is 2. The van der Waals surface area contributed by atoms with Crippen molar-refractivity contribution in [3.8, 4) is 22.8 Å². The molecule has 1 N–H and O–H groups in total. The summed E-state index contributed by atoms with van der Waals surface area (Å²) in [7, 11) is 1.90. The molecule has 0 unspecified atom stereocenters. The number of nitro benzene ring substituents is 1. The molecule has 0 saturated heterocycles. The maximum Gasteiger partial charge on any atom is 0.278 e. The van der Waals surface area contributed by atoms with Crippen molar-refractivity contribution in [3.05, 3.63) is 63.8 Å². The summed E-state index contributed by atoms with van der Waals surface area (Å²) in [5.74, 6) is 1.53. The average molecular weight is 366 g/mol. The lowest BCUT2D eigenvalue weighted by atomic mass is 10.1. The van der Waals surface area contributed by atoms with E-state index in [9.17, 15) is 10.1 Å². The van der Waals surface area contributed by atoms with Crippen molar-refractivity contribution in [3.63, 3.8) is 0 Å². The Bertz CT molecular complexity index is 1010. The number of hydrogen-bond donors (Lipinski definition) is 1. The molecule has 2 heterocycles. The normalized spacial score (nSPS) is 12.2. The molecule has 0 amide bonds. The van der Waals surface area contributed by atoms with E-state index in [4.69, 9.17) is 9.47 Å². The summed E-state index contributed by atoms with van der Waals surface area (Å²) < 4.78 is 12.5. The predicted molar refractivity (Wildman–Crippen MR) is 99.9 cm³/mol. The Balaban J connectivity index is 1.58. The summed E-state index contributed by atoms with van der Waals surface area (Å²) in [4.78, 5) is 15.4. The third-order valence-electron chi connectivity index (χ3n) is 4.54. The van der Waals surface area contributed by atoms with E-state index in [0.29, 0.717) is 23.0 Å². The fourth-order valence-electron chi connectivity index (χ4n) is 3.03. The summed E-state index contributed by atoms with van der Waals surface area (Å²) in [6.45, 7) is 2.35. The van der Waals surface area contributed by atoms with Crippen molar-refractivity contribution >= 4 is 11.6 Å². The van der Waals surface area contributed by atoms with Crippen LogP contribution in [0.25, 0.3) is 11.3 Å². The zero-order valence-corrected chi connectivity index (χ0v) is 14.9. The monoisotopic (exact) mass is 366 g/mol. The van der Waals surface area contributed by atoms with Crippen LogP contribution in [0.15, 0.2) is 42.6 Å². The standard InChI is InChI=1S/C19H18N4O4/c1-12-3-5-13(6-4-12)16-10-21-19(22(16)2)20-9-14-7-17-18(27-11-26-17)8-15(14)23(24)25/h3-8,10H,9,11H2,1-2H3,(H,20,21). The minimum Gasteiger partial charge on any atom is -0.454 e. The molecule has 1 aliphatic rings. The minimum atomic E-state index is -0.422. The van der Waals surface area contributed by atoms with E-state index < -0.39 is 4.92 Å². The van der Waals surface area contributed by atoms with Crippen molar-refractivity contribution < 1.29 is 14.4 Å². The fourth-order valence-corrected chi connectivity index (χ4v) is 3.03. The third kappa shape index (κ3) is 3.17. The van der Waals surface area contributed by atoms with E-state index >= 15 is 0 Å². The molecule has 0 radical (unpaired) electrons. The summed E-state index contributed by atoms with van der Waals surface area (Å²) in [5, 5.41) is 14.5. The lowest BCUT2D eigenvalue weighted by molar-refractivity contribution is -0.385. The minimum absolute atomic E-state index is 0.0142. The Kier molecular flexibility index (Phi) is 4.15. The smallest absolute Gasteiger partial charge is 0.278 e. The molecule has 138 valence electrons. The van der Waals surface area contributed by atoms with E-state index in [1.54, 1.807) is 12.3 Å². The summed E-state index contributed by atoms with van der Waals surface area (Å²) >= 11 is 0. The van der Waals surface area contributed by atoms with Gasteiger partial charge in [-0.2, -0.15) is 0 Å². The predicted octanol–water partition coefficient (Wildman–Crippen LogP) is 3.64. The van der Waals surface area contributed by atoms with Crippen molar-refractivity contribution in [1.29, 1.82) is 0 Å². The van der Waals surface area contributed by atoms with Crippen LogP contribution in [-0.4, -0.2) is 21.3 Å². The van der Waals surface area contributed by atoms with Gasteiger partial charge in [0.15, 0.2) is 11.5 Å². The highest BCUT2D eigenvalue weighted by molar-refractivity contribution is 5.62. The highest BCUT2D eigenvalue weighted by atomic mass is 16.7. The maximum atomic E-state index is 11.4. The molecule has 8 heteroatoms. The average Bonchev–Trinajstić information content (AvgIpc) is 3.26. The highest BCUT2D eigenvalue weighted by Gasteiger charge is 2.23. The molecule has 0 spiro atoms. The van der Waals surface area contributed by atoms with Crippen LogP contribution in [0.2, 0.25) is 0 Å². The number of fused-ring (bicyclic) bond motifs is 1. The van der Waals surface area contributed by atoms with Crippen LogP contribution in [0.5, 0.6) is 11.5 Å². The first-order chi connectivity index (χ1) is 13.0. The number of imidazole rings is 1. The number of ether oxygens (including phenoxy) is 2. The number of benzene rings is 2. The number of nitro groups is 1. The van der Waals surface area contributed by atoms with Gasteiger partial charge in [0, 0.05) is 13.6 Å². The first-order valence-electron chi connectivity index (χ1n) is 8.42. The zero-order chi connectivity index (χ0) is 19.0. The van der Waals surface area contributed by atoms with Crippen molar-refractivity contribution in [1.82, 2.24) is 9.55 Å². The molecule has 0 saturated carbocycles. The van der Waals surface area contributed by atoms with Crippen LogP contribution in [0, 0.1) is 17.0 Å². The van der Waals surface area contributed by atoms with Gasteiger partial charge < -0.3 is 19.4 Å². The van der Waals surface area contributed by atoms with Gasteiger partial charge in [-0.05, 0) is 18.6 Å². The van der Waals surface area contributed by atoms with Crippen molar-refractivity contribution in [2.45, 2.75) is 13.5 Å². The number of anilines is 1. The number of nitrogens with one attached hydrogen (secondary N) is 1.